The zero-order chi connectivity index (χ0) is 19.3. The first-order valence-electron chi connectivity index (χ1n) is 9.24. The fourth-order valence-corrected chi connectivity index (χ4v) is 3.87. The van der Waals surface area contributed by atoms with E-state index >= 15 is 0 Å². The molecule has 0 spiro atoms. The van der Waals surface area contributed by atoms with Gasteiger partial charge in [-0.25, -0.2) is 9.67 Å². The van der Waals surface area contributed by atoms with Crippen LogP contribution in [0.2, 0.25) is 5.02 Å². The minimum atomic E-state index is 0.103. The van der Waals surface area contributed by atoms with Crippen LogP contribution in [-0.4, -0.2) is 25.5 Å². The molecule has 0 fully saturated rings. The molecule has 0 amide bonds. The van der Waals surface area contributed by atoms with Gasteiger partial charge in [-0.3, -0.25) is 4.79 Å². The number of fused-ring (bicyclic) bond motifs is 2. The number of Topliss-reactive ketones (excluding diaryl/α,β-unsaturated/α-hetero) is 1. The van der Waals surface area contributed by atoms with Crippen molar-refractivity contribution in [3.63, 3.8) is 0 Å². The summed E-state index contributed by atoms with van der Waals surface area (Å²) in [5, 5.41) is 8.71. The van der Waals surface area contributed by atoms with Gasteiger partial charge >= 0.3 is 0 Å². The molecule has 1 aliphatic carbocycles. The highest BCUT2D eigenvalue weighted by Crippen LogP contribution is 2.33. The van der Waals surface area contributed by atoms with Gasteiger partial charge < -0.3 is 10.3 Å². The Morgan fingerprint density at radius 3 is 2.86 bits per heavy atom. The van der Waals surface area contributed by atoms with Gasteiger partial charge in [0, 0.05) is 17.1 Å². The van der Waals surface area contributed by atoms with Crippen molar-refractivity contribution in [1.82, 2.24) is 19.7 Å². The molecule has 5 rings (SSSR count). The third-order valence-electron chi connectivity index (χ3n) is 5.18. The molecular weight excluding hydrogens is 374 g/mol. The number of aromatic amines is 1. The number of hydrogen-bond acceptors (Lipinski definition) is 4. The summed E-state index contributed by atoms with van der Waals surface area (Å²) in [6.45, 7) is 1.94. The number of anilines is 2. The average molecular weight is 392 g/mol. The Balaban J connectivity index is 1.66. The molecule has 7 heteroatoms. The fraction of sp³-hybridized carbons (Fsp3) is 0.190. The van der Waals surface area contributed by atoms with Crippen molar-refractivity contribution in [2.75, 3.05) is 5.32 Å². The zero-order valence-electron chi connectivity index (χ0n) is 15.3. The number of halogens is 1. The van der Waals surface area contributed by atoms with Gasteiger partial charge in [-0.1, -0.05) is 29.8 Å². The molecule has 0 aliphatic heterocycles. The summed E-state index contributed by atoms with van der Waals surface area (Å²) in [6, 6.07) is 13.5. The molecule has 0 radical (unpaired) electrons. The summed E-state index contributed by atoms with van der Waals surface area (Å²) >= 11 is 6.25. The summed E-state index contributed by atoms with van der Waals surface area (Å²) in [4.78, 5) is 20.7. The van der Waals surface area contributed by atoms with Gasteiger partial charge in [-0.15, -0.1) is 5.10 Å². The van der Waals surface area contributed by atoms with Crippen LogP contribution in [0.1, 0.15) is 34.5 Å². The number of aromatic nitrogens is 4. The molecule has 0 saturated carbocycles. The highest BCUT2D eigenvalue weighted by molar-refractivity contribution is 6.31. The quantitative estimate of drug-likeness (QED) is 0.516. The number of ketones is 1. The van der Waals surface area contributed by atoms with Gasteiger partial charge in [0.2, 0.25) is 5.95 Å². The number of nitrogens with zero attached hydrogens (tertiary/aromatic N) is 3. The van der Waals surface area contributed by atoms with Crippen LogP contribution in [0.3, 0.4) is 0 Å². The average Bonchev–Trinajstić information content (AvgIpc) is 3.27. The van der Waals surface area contributed by atoms with Crippen molar-refractivity contribution in [1.29, 1.82) is 0 Å². The van der Waals surface area contributed by atoms with E-state index in [1.807, 2.05) is 49.4 Å². The minimum absolute atomic E-state index is 0.103. The summed E-state index contributed by atoms with van der Waals surface area (Å²) in [7, 11) is 0. The first-order valence-corrected chi connectivity index (χ1v) is 9.62. The summed E-state index contributed by atoms with van der Waals surface area (Å²) < 4.78 is 1.76. The predicted octanol–water partition coefficient (Wildman–Crippen LogP) is 4.97. The van der Waals surface area contributed by atoms with Crippen LogP contribution in [0.25, 0.3) is 17.0 Å². The van der Waals surface area contributed by atoms with Crippen LogP contribution in [-0.2, 0) is 6.42 Å². The number of carbonyl (C=O) groups is 1. The fourth-order valence-electron chi connectivity index (χ4n) is 3.69. The Morgan fingerprint density at radius 2 is 2.00 bits per heavy atom. The van der Waals surface area contributed by atoms with E-state index in [0.29, 0.717) is 28.8 Å². The highest BCUT2D eigenvalue weighted by Gasteiger charge is 2.29. The monoisotopic (exact) mass is 391 g/mol. The Labute approximate surface area is 166 Å². The third-order valence-corrected chi connectivity index (χ3v) is 5.59. The predicted molar refractivity (Wildman–Crippen MR) is 110 cm³/mol. The topological polar surface area (TPSA) is 75.6 Å². The van der Waals surface area contributed by atoms with E-state index in [-0.39, 0.29) is 5.78 Å². The minimum Gasteiger partial charge on any atom is -0.338 e. The van der Waals surface area contributed by atoms with Crippen LogP contribution in [0.4, 0.5) is 11.5 Å². The molecule has 2 N–H and O–H groups in total. The van der Waals surface area contributed by atoms with Crippen molar-refractivity contribution in [2.24, 2.45) is 0 Å². The van der Waals surface area contributed by atoms with E-state index in [1.54, 1.807) is 4.68 Å². The van der Waals surface area contributed by atoms with Gasteiger partial charge in [-0.2, -0.15) is 0 Å². The van der Waals surface area contributed by atoms with Crippen LogP contribution >= 0.6 is 11.6 Å². The van der Waals surface area contributed by atoms with Crippen molar-refractivity contribution in [3.05, 3.63) is 64.3 Å². The largest absolute Gasteiger partial charge is 0.338 e. The van der Waals surface area contributed by atoms with E-state index in [1.165, 1.54) is 0 Å². The lowest BCUT2D eigenvalue weighted by atomic mass is 9.96. The van der Waals surface area contributed by atoms with E-state index in [2.05, 4.69) is 15.3 Å². The van der Waals surface area contributed by atoms with Gasteiger partial charge in [0.25, 0.3) is 0 Å². The molecule has 4 aromatic rings. The van der Waals surface area contributed by atoms with Gasteiger partial charge in [0.15, 0.2) is 11.6 Å². The molecule has 0 saturated heterocycles. The number of carbonyl (C=O) groups excluding carboxylic acids is 1. The molecule has 0 unspecified atom stereocenters. The maximum atomic E-state index is 12.7. The zero-order valence-corrected chi connectivity index (χ0v) is 16.0. The Kier molecular flexibility index (Phi) is 3.94. The molecule has 2 aromatic heterocycles. The second-order valence-electron chi connectivity index (χ2n) is 6.97. The molecule has 0 bridgehead atoms. The number of nitrogens with one attached hydrogen (secondary N) is 2. The van der Waals surface area contributed by atoms with Crippen molar-refractivity contribution < 1.29 is 4.79 Å². The number of imidazole rings is 1. The normalized spacial score (nSPS) is 13.7. The number of rotatable bonds is 3. The number of benzene rings is 2. The van der Waals surface area contributed by atoms with Crippen LogP contribution in [0.15, 0.2) is 42.5 Å². The molecule has 2 aromatic carbocycles. The number of hydrogen-bond donors (Lipinski definition) is 2. The number of H-pyrrole nitrogens is 1. The summed E-state index contributed by atoms with van der Waals surface area (Å²) in [5.74, 6) is 1.26. The van der Waals surface area contributed by atoms with Gasteiger partial charge in [-0.05, 0) is 49.6 Å². The summed E-state index contributed by atoms with van der Waals surface area (Å²) in [5.41, 5.74) is 5.08. The molecule has 140 valence electrons. The summed E-state index contributed by atoms with van der Waals surface area (Å²) in [6.07, 6.45) is 2.12. The first kappa shape index (κ1) is 17.0. The first-order chi connectivity index (χ1) is 13.6. The lowest BCUT2D eigenvalue weighted by Gasteiger charge is -2.13. The second-order valence-corrected chi connectivity index (χ2v) is 7.38. The van der Waals surface area contributed by atoms with E-state index in [0.717, 1.165) is 40.8 Å². The standard InChI is InChI=1S/C21H18ClN5O/c1-12-13(22)6-4-9-14(12)23-20-19-17(10-5-11-18(19)28)27(26-20)21-24-15-7-2-3-8-16(15)25-21/h2-4,6-9H,5,10-11H2,1H3,(H,23,26)(H,24,25). The van der Waals surface area contributed by atoms with E-state index in [4.69, 9.17) is 16.7 Å². The Morgan fingerprint density at radius 1 is 1.14 bits per heavy atom. The van der Waals surface area contributed by atoms with Crippen LogP contribution in [0, 0.1) is 6.92 Å². The van der Waals surface area contributed by atoms with Crippen LogP contribution < -0.4 is 5.32 Å². The molecule has 28 heavy (non-hydrogen) atoms. The Hall–Kier alpha value is -3.12. The molecule has 2 heterocycles. The smallest absolute Gasteiger partial charge is 0.229 e. The van der Waals surface area contributed by atoms with Gasteiger partial charge in [0.1, 0.15) is 0 Å². The van der Waals surface area contributed by atoms with Gasteiger partial charge in [0.05, 0.1) is 22.3 Å². The van der Waals surface area contributed by atoms with Crippen molar-refractivity contribution in [2.45, 2.75) is 26.2 Å². The highest BCUT2D eigenvalue weighted by atomic mass is 35.5. The SMILES string of the molecule is Cc1c(Cl)cccc1Nc1nn(-c2nc3ccccc3[nH]2)c2c1C(=O)CCC2. The molecular formula is C21H18ClN5O. The van der Waals surface area contributed by atoms with Crippen LogP contribution in [0.5, 0.6) is 0 Å². The lowest BCUT2D eigenvalue weighted by Crippen LogP contribution is -2.14. The Bertz CT molecular complexity index is 1190. The molecule has 0 atom stereocenters. The van der Waals surface area contributed by atoms with E-state index < -0.39 is 0 Å². The number of para-hydroxylation sites is 2. The van der Waals surface area contributed by atoms with E-state index in [9.17, 15) is 4.79 Å². The maximum absolute atomic E-state index is 12.7. The maximum Gasteiger partial charge on any atom is 0.229 e. The molecule has 1 aliphatic rings. The molecule has 6 nitrogen and oxygen atoms in total. The lowest BCUT2D eigenvalue weighted by molar-refractivity contribution is 0.0973. The third kappa shape index (κ3) is 2.68. The second kappa shape index (κ2) is 6.49. The van der Waals surface area contributed by atoms with Crippen molar-refractivity contribution in [3.8, 4) is 5.95 Å². The van der Waals surface area contributed by atoms with Crippen molar-refractivity contribution >= 4 is 39.9 Å².